The second-order valence-electron chi connectivity index (χ2n) is 7.37. The van der Waals surface area contributed by atoms with Gasteiger partial charge in [-0.15, -0.1) is 0 Å². The summed E-state index contributed by atoms with van der Waals surface area (Å²) >= 11 is 0. The van der Waals surface area contributed by atoms with Gasteiger partial charge in [0.05, 0.1) is 31.8 Å². The Balaban J connectivity index is 2.15. The van der Waals surface area contributed by atoms with Crippen LogP contribution in [-0.4, -0.2) is 58.0 Å². The number of carbonyl (C=O) groups is 1. The minimum Gasteiger partial charge on any atom is -0.497 e. The lowest BCUT2D eigenvalue weighted by molar-refractivity contribution is -0.114. The summed E-state index contributed by atoms with van der Waals surface area (Å²) in [4.78, 5) is 26.4. The van der Waals surface area contributed by atoms with Crippen LogP contribution >= 0.6 is 0 Å². The molecule has 10 nitrogen and oxygen atoms in total. The van der Waals surface area contributed by atoms with Crippen LogP contribution in [0.2, 0.25) is 0 Å². The maximum atomic E-state index is 11.3. The molecule has 0 aliphatic heterocycles. The van der Waals surface area contributed by atoms with Gasteiger partial charge in [-0.1, -0.05) is 0 Å². The number of aryl methyl sites for hydroxylation is 2. The van der Waals surface area contributed by atoms with Crippen molar-refractivity contribution in [3.63, 3.8) is 0 Å². The number of aliphatic imine (C=N–C) groups is 1. The van der Waals surface area contributed by atoms with E-state index in [1.807, 2.05) is 39.2 Å². The van der Waals surface area contributed by atoms with E-state index in [9.17, 15) is 4.79 Å². The van der Waals surface area contributed by atoms with Crippen molar-refractivity contribution in [1.82, 2.24) is 24.6 Å². The normalized spacial score (nSPS) is 11.9. The van der Waals surface area contributed by atoms with E-state index >= 15 is 0 Å². The van der Waals surface area contributed by atoms with E-state index in [0.29, 0.717) is 40.7 Å². The summed E-state index contributed by atoms with van der Waals surface area (Å²) in [5.41, 5.74) is 10.5. The number of nitrogens with zero attached hydrogens (tertiary/aromatic N) is 6. The predicted octanol–water partition coefficient (Wildman–Crippen LogP) is 2.68. The van der Waals surface area contributed by atoms with Crippen molar-refractivity contribution in [3.8, 4) is 22.8 Å². The van der Waals surface area contributed by atoms with Crippen LogP contribution in [0.1, 0.15) is 23.9 Å². The standard InChI is InChI=1S/C23H27N7O3/c1-14(16-7-17(32-5)9-18(8-16)33-6)26-21(12-29(3)13-31)22-23(24)25-10-20(27-22)19-11-30(4)28-15(19)2/h7-13H,1-6H3,(H2,24,25)/b21-12-,26-14+. The van der Waals surface area contributed by atoms with E-state index in [1.165, 1.54) is 4.90 Å². The largest absolute Gasteiger partial charge is 0.497 e. The number of nitrogens with two attached hydrogens (primary N) is 1. The van der Waals surface area contributed by atoms with E-state index < -0.39 is 0 Å². The molecule has 0 aliphatic rings. The lowest BCUT2D eigenvalue weighted by Gasteiger charge is -2.12. The minimum absolute atomic E-state index is 0.186. The predicted molar refractivity (Wildman–Crippen MR) is 127 cm³/mol. The van der Waals surface area contributed by atoms with Gasteiger partial charge >= 0.3 is 0 Å². The van der Waals surface area contributed by atoms with Crippen LogP contribution in [0.25, 0.3) is 17.0 Å². The number of amides is 1. The van der Waals surface area contributed by atoms with Crippen LogP contribution in [0.4, 0.5) is 5.82 Å². The smallest absolute Gasteiger partial charge is 0.213 e. The summed E-state index contributed by atoms with van der Waals surface area (Å²) < 4.78 is 12.4. The quantitative estimate of drug-likeness (QED) is 0.414. The van der Waals surface area contributed by atoms with Gasteiger partial charge in [0, 0.05) is 49.4 Å². The number of hydrogen-bond donors (Lipinski definition) is 1. The van der Waals surface area contributed by atoms with Crippen molar-refractivity contribution in [2.45, 2.75) is 13.8 Å². The summed E-state index contributed by atoms with van der Waals surface area (Å²) in [6, 6.07) is 5.45. The maximum absolute atomic E-state index is 11.3. The molecule has 0 spiro atoms. The van der Waals surface area contributed by atoms with Gasteiger partial charge in [-0.2, -0.15) is 5.10 Å². The molecule has 0 fully saturated rings. The zero-order valence-electron chi connectivity index (χ0n) is 19.5. The SMILES string of the molecule is COc1cc(OC)cc(/C(C)=N/C(=C\N(C)C=O)c2nc(-c3cn(C)nc3C)cnc2N)c1. The Bertz CT molecular complexity index is 1210. The number of aromatic nitrogens is 4. The highest BCUT2D eigenvalue weighted by molar-refractivity contribution is 6.02. The van der Waals surface area contributed by atoms with Gasteiger partial charge in [-0.25, -0.2) is 15.0 Å². The number of rotatable bonds is 8. The van der Waals surface area contributed by atoms with Gasteiger partial charge < -0.3 is 20.1 Å². The number of ether oxygens (including phenoxy) is 2. The molecule has 0 atom stereocenters. The molecular formula is C23H27N7O3. The van der Waals surface area contributed by atoms with Crippen LogP contribution in [0.3, 0.4) is 0 Å². The minimum atomic E-state index is 0.186. The van der Waals surface area contributed by atoms with Crippen LogP contribution in [0, 0.1) is 6.92 Å². The molecule has 172 valence electrons. The number of nitrogen functional groups attached to an aromatic ring is 1. The molecule has 2 N–H and O–H groups in total. The van der Waals surface area contributed by atoms with Gasteiger partial charge in [0.2, 0.25) is 6.41 Å². The average molecular weight is 450 g/mol. The number of anilines is 1. The Morgan fingerprint density at radius 3 is 2.42 bits per heavy atom. The van der Waals surface area contributed by atoms with Crippen LogP contribution < -0.4 is 15.2 Å². The second-order valence-corrected chi connectivity index (χ2v) is 7.37. The van der Waals surface area contributed by atoms with Crippen molar-refractivity contribution in [2.24, 2.45) is 12.0 Å². The van der Waals surface area contributed by atoms with Gasteiger partial charge in [0.25, 0.3) is 0 Å². The molecule has 0 unspecified atom stereocenters. The lowest BCUT2D eigenvalue weighted by Crippen LogP contribution is -2.10. The topological polar surface area (TPSA) is 121 Å². The van der Waals surface area contributed by atoms with E-state index in [0.717, 1.165) is 16.8 Å². The number of hydrogen-bond acceptors (Lipinski definition) is 8. The number of carbonyl (C=O) groups excluding carboxylic acids is 1. The summed E-state index contributed by atoms with van der Waals surface area (Å²) in [5, 5.41) is 4.36. The van der Waals surface area contributed by atoms with Crippen LogP contribution in [-0.2, 0) is 11.8 Å². The van der Waals surface area contributed by atoms with E-state index in [1.54, 1.807) is 44.4 Å². The highest BCUT2D eigenvalue weighted by Crippen LogP contribution is 2.28. The molecule has 3 aromatic rings. The molecule has 1 amide bonds. The van der Waals surface area contributed by atoms with Gasteiger partial charge in [-0.3, -0.25) is 9.48 Å². The molecular weight excluding hydrogens is 422 g/mol. The van der Waals surface area contributed by atoms with Crippen LogP contribution in [0.5, 0.6) is 11.5 Å². The summed E-state index contributed by atoms with van der Waals surface area (Å²) in [6.45, 7) is 3.73. The zero-order chi connectivity index (χ0) is 24.1. The molecule has 0 radical (unpaired) electrons. The van der Waals surface area contributed by atoms with E-state index in [2.05, 4.69) is 10.1 Å². The Morgan fingerprint density at radius 1 is 1.21 bits per heavy atom. The molecule has 1 aromatic carbocycles. The van der Waals surface area contributed by atoms with Crippen molar-refractivity contribution < 1.29 is 14.3 Å². The molecule has 33 heavy (non-hydrogen) atoms. The van der Waals surface area contributed by atoms with Crippen LogP contribution in [0.15, 0.2) is 41.8 Å². The summed E-state index contributed by atoms with van der Waals surface area (Å²) in [5.74, 6) is 1.44. The maximum Gasteiger partial charge on any atom is 0.213 e. The van der Waals surface area contributed by atoms with E-state index in [4.69, 9.17) is 25.2 Å². The Hall–Kier alpha value is -4.21. The van der Waals surface area contributed by atoms with Crippen molar-refractivity contribution in [3.05, 3.63) is 53.7 Å². The van der Waals surface area contributed by atoms with Gasteiger partial charge in [0.15, 0.2) is 5.82 Å². The molecule has 0 saturated heterocycles. The first-order valence-corrected chi connectivity index (χ1v) is 10.1. The third-order valence-electron chi connectivity index (χ3n) is 4.88. The first kappa shape index (κ1) is 23.5. The Kier molecular flexibility index (Phi) is 7.07. The molecule has 0 bridgehead atoms. The molecule has 2 heterocycles. The molecule has 10 heteroatoms. The molecule has 0 aliphatic carbocycles. The summed E-state index contributed by atoms with van der Waals surface area (Å²) in [6.07, 6.45) is 5.66. The van der Waals surface area contributed by atoms with Crippen molar-refractivity contribution >= 4 is 23.6 Å². The zero-order valence-corrected chi connectivity index (χ0v) is 19.5. The third kappa shape index (κ3) is 5.35. The summed E-state index contributed by atoms with van der Waals surface area (Å²) in [7, 11) is 6.60. The average Bonchev–Trinajstić information content (AvgIpc) is 3.15. The number of methoxy groups -OCH3 is 2. The Morgan fingerprint density at radius 2 is 1.88 bits per heavy atom. The monoisotopic (exact) mass is 449 g/mol. The fraction of sp³-hybridized carbons (Fsp3) is 0.261. The van der Waals surface area contributed by atoms with Gasteiger partial charge in [-0.05, 0) is 26.0 Å². The lowest BCUT2D eigenvalue weighted by atomic mass is 10.1. The fourth-order valence-electron chi connectivity index (χ4n) is 3.20. The van der Waals surface area contributed by atoms with E-state index in [-0.39, 0.29) is 5.82 Å². The first-order chi connectivity index (χ1) is 15.7. The fourth-order valence-corrected chi connectivity index (χ4v) is 3.20. The van der Waals surface area contributed by atoms with Gasteiger partial charge in [0.1, 0.15) is 22.9 Å². The molecule has 0 saturated carbocycles. The van der Waals surface area contributed by atoms with Crippen molar-refractivity contribution in [1.29, 1.82) is 0 Å². The highest BCUT2D eigenvalue weighted by atomic mass is 16.5. The second kappa shape index (κ2) is 9.94. The molecule has 3 rings (SSSR count). The first-order valence-electron chi connectivity index (χ1n) is 10.1. The Labute approximate surface area is 192 Å². The highest BCUT2D eigenvalue weighted by Gasteiger charge is 2.16. The van der Waals surface area contributed by atoms with Crippen molar-refractivity contribution in [2.75, 3.05) is 27.0 Å². The molecule has 2 aromatic heterocycles. The number of benzene rings is 1. The third-order valence-corrected chi connectivity index (χ3v) is 4.88.